The first-order chi connectivity index (χ1) is 11.7. The van der Waals surface area contributed by atoms with Gasteiger partial charge in [-0.05, 0) is 29.8 Å². The maximum absolute atomic E-state index is 12.9. The van der Waals surface area contributed by atoms with Gasteiger partial charge >= 0.3 is 5.97 Å². The number of esters is 1. The number of benzene rings is 1. The number of ether oxygens (including phenoxy) is 2. The van der Waals surface area contributed by atoms with Crippen molar-refractivity contribution >= 4 is 11.9 Å². The number of carbonyl (C=O) groups is 2. The highest BCUT2D eigenvalue weighted by Crippen LogP contribution is 2.20. The molecule has 0 bridgehead atoms. The van der Waals surface area contributed by atoms with Crippen LogP contribution in [0.5, 0.6) is 5.75 Å². The predicted octanol–water partition coefficient (Wildman–Crippen LogP) is 2.30. The van der Waals surface area contributed by atoms with Gasteiger partial charge in [0.1, 0.15) is 5.75 Å². The van der Waals surface area contributed by atoms with E-state index in [1.54, 1.807) is 41.6 Å². The lowest BCUT2D eigenvalue weighted by Crippen LogP contribution is -2.33. The summed E-state index contributed by atoms with van der Waals surface area (Å²) in [4.78, 5) is 29.9. The Balaban J connectivity index is 2.23. The van der Waals surface area contributed by atoms with Crippen molar-refractivity contribution in [2.45, 2.75) is 13.0 Å². The summed E-state index contributed by atoms with van der Waals surface area (Å²) in [7, 11) is 2.85. The number of amides is 1. The number of hydrogen-bond donors (Lipinski definition) is 0. The monoisotopic (exact) mass is 328 g/mol. The zero-order valence-corrected chi connectivity index (χ0v) is 13.8. The van der Waals surface area contributed by atoms with E-state index in [4.69, 9.17) is 4.74 Å². The number of pyridine rings is 1. The smallest absolute Gasteiger partial charge is 0.307 e. The standard InChI is InChI=1S/C18H20N2O4/c1-23-16-6-4-3-5-15(16)18(22)20(12-9-17(21)24-2)13-14-7-10-19-11-8-14/h3-8,10-11H,9,12-13H2,1-2H3. The Bertz CT molecular complexity index is 688. The fourth-order valence-corrected chi connectivity index (χ4v) is 2.28. The van der Waals surface area contributed by atoms with E-state index in [9.17, 15) is 9.59 Å². The number of nitrogens with zero attached hydrogens (tertiary/aromatic N) is 2. The molecule has 0 spiro atoms. The molecule has 0 aliphatic rings. The van der Waals surface area contributed by atoms with Gasteiger partial charge in [-0.3, -0.25) is 14.6 Å². The Morgan fingerprint density at radius 1 is 1.08 bits per heavy atom. The number of para-hydroxylation sites is 1. The van der Waals surface area contributed by atoms with Crippen molar-refractivity contribution < 1.29 is 19.1 Å². The van der Waals surface area contributed by atoms with Crippen molar-refractivity contribution in [3.05, 3.63) is 59.9 Å². The van der Waals surface area contributed by atoms with E-state index in [0.29, 0.717) is 17.9 Å². The van der Waals surface area contributed by atoms with Crippen LogP contribution >= 0.6 is 0 Å². The Morgan fingerprint density at radius 2 is 1.79 bits per heavy atom. The summed E-state index contributed by atoms with van der Waals surface area (Å²) in [6, 6.07) is 10.7. The summed E-state index contributed by atoms with van der Waals surface area (Å²) in [6.45, 7) is 0.627. The van der Waals surface area contributed by atoms with Gasteiger partial charge in [0.2, 0.25) is 0 Å². The lowest BCUT2D eigenvalue weighted by molar-refractivity contribution is -0.140. The molecular formula is C18H20N2O4. The molecule has 0 aliphatic heterocycles. The first kappa shape index (κ1) is 17.5. The van der Waals surface area contributed by atoms with Crippen LogP contribution < -0.4 is 4.74 Å². The highest BCUT2D eigenvalue weighted by atomic mass is 16.5. The van der Waals surface area contributed by atoms with Gasteiger partial charge in [-0.2, -0.15) is 0 Å². The molecule has 0 fully saturated rings. The van der Waals surface area contributed by atoms with Gasteiger partial charge in [-0.25, -0.2) is 0 Å². The molecule has 0 unspecified atom stereocenters. The molecule has 0 N–H and O–H groups in total. The maximum Gasteiger partial charge on any atom is 0.307 e. The molecule has 1 aromatic heterocycles. The van der Waals surface area contributed by atoms with E-state index in [1.807, 2.05) is 12.1 Å². The molecule has 6 nitrogen and oxygen atoms in total. The molecule has 2 rings (SSSR count). The Morgan fingerprint density at radius 3 is 2.46 bits per heavy atom. The van der Waals surface area contributed by atoms with Crippen molar-refractivity contribution in [1.29, 1.82) is 0 Å². The number of methoxy groups -OCH3 is 2. The fourth-order valence-electron chi connectivity index (χ4n) is 2.28. The average Bonchev–Trinajstić information content (AvgIpc) is 2.64. The van der Waals surface area contributed by atoms with Crippen LogP contribution in [0.1, 0.15) is 22.3 Å². The second-order valence-corrected chi connectivity index (χ2v) is 5.11. The topological polar surface area (TPSA) is 68.7 Å². The number of carbonyl (C=O) groups excluding carboxylic acids is 2. The second kappa shape index (κ2) is 8.67. The van der Waals surface area contributed by atoms with Gasteiger partial charge in [-0.1, -0.05) is 12.1 Å². The first-order valence-corrected chi connectivity index (χ1v) is 7.53. The van der Waals surface area contributed by atoms with E-state index in [0.717, 1.165) is 5.56 Å². The molecule has 1 heterocycles. The maximum atomic E-state index is 12.9. The third kappa shape index (κ3) is 4.55. The van der Waals surface area contributed by atoms with Crippen LogP contribution in [0.4, 0.5) is 0 Å². The van der Waals surface area contributed by atoms with Gasteiger partial charge < -0.3 is 14.4 Å². The van der Waals surface area contributed by atoms with E-state index >= 15 is 0 Å². The van der Waals surface area contributed by atoms with Gasteiger partial charge in [0.25, 0.3) is 5.91 Å². The van der Waals surface area contributed by atoms with Gasteiger partial charge in [-0.15, -0.1) is 0 Å². The molecule has 1 aromatic carbocycles. The third-order valence-electron chi connectivity index (χ3n) is 3.56. The Kier molecular flexibility index (Phi) is 6.31. The fraction of sp³-hybridized carbons (Fsp3) is 0.278. The lowest BCUT2D eigenvalue weighted by atomic mass is 10.1. The van der Waals surface area contributed by atoms with Crippen molar-refractivity contribution in [3.63, 3.8) is 0 Å². The molecule has 6 heteroatoms. The van der Waals surface area contributed by atoms with Gasteiger partial charge in [0.05, 0.1) is 26.2 Å². The Hall–Kier alpha value is -2.89. The van der Waals surface area contributed by atoms with E-state index in [1.165, 1.54) is 14.2 Å². The molecule has 0 aliphatic carbocycles. The normalized spacial score (nSPS) is 10.1. The van der Waals surface area contributed by atoms with E-state index in [-0.39, 0.29) is 24.8 Å². The molecule has 0 saturated heterocycles. The van der Waals surface area contributed by atoms with E-state index < -0.39 is 0 Å². The molecule has 126 valence electrons. The summed E-state index contributed by atoms with van der Waals surface area (Å²) in [5.74, 6) is -0.0592. The molecule has 0 atom stereocenters. The molecular weight excluding hydrogens is 308 g/mol. The number of hydrogen-bond acceptors (Lipinski definition) is 5. The molecule has 24 heavy (non-hydrogen) atoms. The SMILES string of the molecule is COC(=O)CCN(Cc1ccncc1)C(=O)c1ccccc1OC. The number of aromatic nitrogens is 1. The van der Waals surface area contributed by atoms with Crippen LogP contribution in [0.2, 0.25) is 0 Å². The minimum absolute atomic E-state index is 0.127. The Labute approximate surface area is 141 Å². The average molecular weight is 328 g/mol. The van der Waals surface area contributed by atoms with Crippen LogP contribution in [0, 0.1) is 0 Å². The summed E-state index contributed by atoms with van der Waals surface area (Å²) in [6.07, 6.45) is 3.46. The highest BCUT2D eigenvalue weighted by molar-refractivity contribution is 5.97. The van der Waals surface area contributed by atoms with Crippen LogP contribution in [0.15, 0.2) is 48.8 Å². The molecule has 0 saturated carbocycles. The molecule has 2 aromatic rings. The predicted molar refractivity (Wildman–Crippen MR) is 88.6 cm³/mol. The summed E-state index contributed by atoms with van der Waals surface area (Å²) in [5.41, 5.74) is 1.39. The zero-order valence-electron chi connectivity index (χ0n) is 13.8. The summed E-state index contributed by atoms with van der Waals surface area (Å²) in [5, 5.41) is 0. The minimum atomic E-state index is -0.359. The van der Waals surface area contributed by atoms with Crippen molar-refractivity contribution in [1.82, 2.24) is 9.88 Å². The second-order valence-electron chi connectivity index (χ2n) is 5.11. The van der Waals surface area contributed by atoms with Crippen LogP contribution in [-0.2, 0) is 16.1 Å². The van der Waals surface area contributed by atoms with E-state index in [2.05, 4.69) is 9.72 Å². The van der Waals surface area contributed by atoms with Crippen molar-refractivity contribution in [2.75, 3.05) is 20.8 Å². The van der Waals surface area contributed by atoms with Crippen molar-refractivity contribution in [3.8, 4) is 5.75 Å². The molecule has 0 radical (unpaired) electrons. The van der Waals surface area contributed by atoms with Gasteiger partial charge in [0, 0.05) is 25.5 Å². The van der Waals surface area contributed by atoms with Crippen LogP contribution in [0.3, 0.4) is 0 Å². The zero-order chi connectivity index (χ0) is 17.4. The largest absolute Gasteiger partial charge is 0.496 e. The summed E-state index contributed by atoms with van der Waals surface area (Å²) >= 11 is 0. The minimum Gasteiger partial charge on any atom is -0.496 e. The highest BCUT2D eigenvalue weighted by Gasteiger charge is 2.20. The van der Waals surface area contributed by atoms with Gasteiger partial charge in [0.15, 0.2) is 0 Å². The lowest BCUT2D eigenvalue weighted by Gasteiger charge is -2.23. The molecule has 1 amide bonds. The summed E-state index contributed by atoms with van der Waals surface area (Å²) < 4.78 is 9.93. The number of rotatable bonds is 7. The van der Waals surface area contributed by atoms with Crippen LogP contribution in [0.25, 0.3) is 0 Å². The quantitative estimate of drug-likeness (QED) is 0.730. The first-order valence-electron chi connectivity index (χ1n) is 7.53. The third-order valence-corrected chi connectivity index (χ3v) is 3.56. The van der Waals surface area contributed by atoms with Crippen molar-refractivity contribution in [2.24, 2.45) is 0 Å². The van der Waals surface area contributed by atoms with Crippen LogP contribution in [-0.4, -0.2) is 42.5 Å².